The number of nitrogens with one attached hydrogen (secondary N) is 1. The maximum absolute atomic E-state index is 12.7. The van der Waals surface area contributed by atoms with Crippen LogP contribution in [0.2, 0.25) is 5.02 Å². The molecule has 1 N–H and O–H groups in total. The molecule has 0 saturated carbocycles. The lowest BCUT2D eigenvalue weighted by Gasteiger charge is -2.17. The van der Waals surface area contributed by atoms with Crippen molar-refractivity contribution in [2.45, 2.75) is 38.1 Å². The van der Waals surface area contributed by atoms with Gasteiger partial charge in [0.25, 0.3) is 11.8 Å². The Kier molecular flexibility index (Phi) is 8.81. The first-order valence-electron chi connectivity index (χ1n) is 16.4. The molecule has 2 amide bonds. The number of fused-ring (bicyclic) bond motifs is 2. The largest absolute Gasteiger partial charge is 0.361 e. The number of aromatic nitrogens is 3. The minimum Gasteiger partial charge on any atom is -0.361 e. The van der Waals surface area contributed by atoms with Crippen molar-refractivity contribution >= 4 is 45.2 Å². The Morgan fingerprint density at radius 1 is 0.809 bits per heavy atom. The summed E-state index contributed by atoms with van der Waals surface area (Å²) in [5, 5.41) is 3.10. The van der Waals surface area contributed by atoms with Crippen LogP contribution in [-0.2, 0) is 6.54 Å². The highest BCUT2D eigenvalue weighted by Crippen LogP contribution is 2.35. The second kappa shape index (κ2) is 13.5. The monoisotopic (exact) mass is 643 g/mol. The fourth-order valence-corrected chi connectivity index (χ4v) is 7.38. The van der Waals surface area contributed by atoms with Gasteiger partial charge in [0.1, 0.15) is 0 Å². The van der Waals surface area contributed by atoms with E-state index < -0.39 is 0 Å². The molecule has 2 fully saturated rings. The minimum absolute atomic E-state index is 0.0259. The topological polar surface area (TPSA) is 74.2 Å². The maximum atomic E-state index is 12.7. The number of aryl methyl sites for hydroxylation is 1. The van der Waals surface area contributed by atoms with Crippen LogP contribution in [0, 0.1) is 0 Å². The number of likely N-dealkylation sites (tertiary alicyclic amines) is 2. The highest BCUT2D eigenvalue weighted by atomic mass is 35.5. The lowest BCUT2D eigenvalue weighted by atomic mass is 9.98. The number of hydrogen-bond acceptors (Lipinski definition) is 3. The molecular weight excluding hydrogens is 606 g/mol. The second-order valence-electron chi connectivity index (χ2n) is 12.4. The highest BCUT2D eigenvalue weighted by Gasteiger charge is 2.31. The second-order valence-corrected chi connectivity index (χ2v) is 12.8. The Hall–Kier alpha value is -4.88. The van der Waals surface area contributed by atoms with Crippen LogP contribution >= 0.6 is 11.6 Å². The van der Waals surface area contributed by atoms with E-state index in [2.05, 4.69) is 76.3 Å². The van der Waals surface area contributed by atoms with E-state index in [1.54, 1.807) is 24.5 Å². The third-order valence-corrected chi connectivity index (χ3v) is 9.95. The van der Waals surface area contributed by atoms with Crippen LogP contribution in [0.3, 0.4) is 0 Å². The molecule has 8 heteroatoms. The summed E-state index contributed by atoms with van der Waals surface area (Å²) in [5.74, 6) is 0.892. The molecule has 0 bridgehead atoms. The van der Waals surface area contributed by atoms with Gasteiger partial charge >= 0.3 is 0 Å². The molecule has 6 aromatic rings. The first-order chi connectivity index (χ1) is 23.0. The molecule has 3 aromatic heterocycles. The number of H-pyrrole nitrogens is 1. The molecule has 0 spiro atoms. The molecule has 3 aromatic carbocycles. The molecule has 0 aliphatic carbocycles. The van der Waals surface area contributed by atoms with Crippen molar-refractivity contribution in [1.29, 1.82) is 0 Å². The molecular formula is C39H38ClN5O2. The summed E-state index contributed by atoms with van der Waals surface area (Å²) in [5.41, 5.74) is 6.37. The molecule has 2 aliphatic rings. The van der Waals surface area contributed by atoms with E-state index >= 15 is 0 Å². The van der Waals surface area contributed by atoms with Gasteiger partial charge in [-0.2, -0.15) is 0 Å². The zero-order chi connectivity index (χ0) is 32.3. The fourth-order valence-electron chi connectivity index (χ4n) is 7.17. The summed E-state index contributed by atoms with van der Waals surface area (Å²) >= 11 is 6.16. The van der Waals surface area contributed by atoms with Gasteiger partial charge in [-0.1, -0.05) is 60.1 Å². The van der Waals surface area contributed by atoms with E-state index in [0.717, 1.165) is 51.1 Å². The quantitative estimate of drug-likeness (QED) is 0.206. The number of hydrogen-bond donors (Lipinski definition) is 1. The van der Waals surface area contributed by atoms with Crippen molar-refractivity contribution in [2.24, 2.45) is 0 Å². The van der Waals surface area contributed by atoms with E-state index in [9.17, 15) is 9.59 Å². The summed E-state index contributed by atoms with van der Waals surface area (Å²) in [6.07, 6.45) is 9.70. The van der Waals surface area contributed by atoms with Crippen LogP contribution in [0.1, 0.15) is 63.4 Å². The first-order valence-corrected chi connectivity index (χ1v) is 16.8. The van der Waals surface area contributed by atoms with E-state index in [0.29, 0.717) is 28.0 Å². The van der Waals surface area contributed by atoms with Crippen LogP contribution in [0.15, 0.2) is 110 Å². The van der Waals surface area contributed by atoms with E-state index in [1.165, 1.54) is 27.4 Å². The Morgan fingerprint density at radius 2 is 1.49 bits per heavy atom. The van der Waals surface area contributed by atoms with E-state index in [-0.39, 0.29) is 11.8 Å². The van der Waals surface area contributed by atoms with Crippen molar-refractivity contribution in [3.8, 4) is 0 Å². The molecule has 2 atom stereocenters. The van der Waals surface area contributed by atoms with Gasteiger partial charge in [-0.3, -0.25) is 14.6 Å². The van der Waals surface area contributed by atoms with Crippen molar-refractivity contribution in [3.05, 3.63) is 137 Å². The minimum atomic E-state index is 0.0259. The number of benzene rings is 3. The van der Waals surface area contributed by atoms with Gasteiger partial charge in [0.15, 0.2) is 0 Å². The number of nitrogens with zero attached hydrogens (tertiary/aromatic N) is 4. The zero-order valence-electron chi connectivity index (χ0n) is 26.5. The molecule has 2 unspecified atom stereocenters. The normalized spacial score (nSPS) is 17.7. The molecule has 2 aliphatic heterocycles. The molecule has 2 saturated heterocycles. The standard InChI is InChI=1S/C20H21N3O.C19H17ClN2O/c1-2-22-14-18(17-7-3-4-8-19(17)22)16-9-11-23(13-16)20(24)15-6-5-10-21-12-15;20-17-7-3-1-6-15(17)19(23)22-10-9-13(12-22)16-11-21-18-8-4-2-5-14(16)18/h3-8,10,12,14,16H,2,9,11,13H2,1H3;1-8,11,13,21H,9-10,12H2. The van der Waals surface area contributed by atoms with Crippen LogP contribution < -0.4 is 0 Å². The predicted molar refractivity (Wildman–Crippen MR) is 188 cm³/mol. The summed E-state index contributed by atoms with van der Waals surface area (Å²) in [4.78, 5) is 36.6. The van der Waals surface area contributed by atoms with Crippen molar-refractivity contribution < 1.29 is 9.59 Å². The van der Waals surface area contributed by atoms with E-state index in [1.807, 2.05) is 40.1 Å². The Morgan fingerprint density at radius 3 is 2.23 bits per heavy atom. The smallest absolute Gasteiger partial charge is 0.255 e. The Balaban J connectivity index is 0.000000150. The van der Waals surface area contributed by atoms with Crippen molar-refractivity contribution in [1.82, 2.24) is 24.3 Å². The third-order valence-electron chi connectivity index (χ3n) is 9.62. The third kappa shape index (κ3) is 6.15. The van der Waals surface area contributed by atoms with Crippen LogP contribution in [0.25, 0.3) is 21.8 Å². The number of para-hydroxylation sites is 2. The number of pyridine rings is 1. The fraction of sp³-hybridized carbons (Fsp3) is 0.256. The van der Waals surface area contributed by atoms with Crippen LogP contribution in [0.4, 0.5) is 0 Å². The van der Waals surface area contributed by atoms with Gasteiger partial charge in [0, 0.05) is 91.2 Å². The summed E-state index contributed by atoms with van der Waals surface area (Å²) in [6.45, 7) is 6.24. The average molecular weight is 644 g/mol. The van der Waals surface area contributed by atoms with Crippen LogP contribution in [-0.4, -0.2) is 62.3 Å². The van der Waals surface area contributed by atoms with Crippen molar-refractivity contribution in [2.75, 3.05) is 26.2 Å². The lowest BCUT2D eigenvalue weighted by molar-refractivity contribution is 0.0783. The highest BCUT2D eigenvalue weighted by molar-refractivity contribution is 6.33. The lowest BCUT2D eigenvalue weighted by Crippen LogP contribution is -2.28. The number of halogens is 1. The molecule has 8 rings (SSSR count). The van der Waals surface area contributed by atoms with Gasteiger partial charge < -0.3 is 19.4 Å². The predicted octanol–water partition coefficient (Wildman–Crippen LogP) is 8.14. The number of aromatic amines is 1. The molecule has 0 radical (unpaired) electrons. The number of carbonyl (C=O) groups is 2. The van der Waals surface area contributed by atoms with Crippen LogP contribution in [0.5, 0.6) is 0 Å². The first kappa shape index (κ1) is 30.8. The van der Waals surface area contributed by atoms with E-state index in [4.69, 9.17) is 11.6 Å². The molecule has 47 heavy (non-hydrogen) atoms. The molecule has 7 nitrogen and oxygen atoms in total. The number of rotatable bonds is 5. The average Bonchev–Trinajstić information content (AvgIpc) is 3.94. The van der Waals surface area contributed by atoms with Gasteiger partial charge in [-0.15, -0.1) is 0 Å². The Labute approximate surface area is 279 Å². The molecule has 5 heterocycles. The van der Waals surface area contributed by atoms with Crippen molar-refractivity contribution in [3.63, 3.8) is 0 Å². The van der Waals surface area contributed by atoms with Gasteiger partial charge in [-0.05, 0) is 67.3 Å². The maximum Gasteiger partial charge on any atom is 0.255 e. The van der Waals surface area contributed by atoms with Gasteiger partial charge in [-0.25, -0.2) is 0 Å². The summed E-state index contributed by atoms with van der Waals surface area (Å²) in [6, 6.07) is 27.8. The zero-order valence-corrected chi connectivity index (χ0v) is 27.2. The number of amides is 2. The Bertz CT molecular complexity index is 2030. The number of carbonyl (C=O) groups excluding carboxylic acids is 2. The summed E-state index contributed by atoms with van der Waals surface area (Å²) in [7, 11) is 0. The SMILES string of the molecule is CCn1cc(C2CCN(C(=O)c3cccnc3)C2)c2ccccc21.O=C(c1ccccc1Cl)N1CCC(c2c[nH]c3ccccc23)C1. The summed E-state index contributed by atoms with van der Waals surface area (Å²) < 4.78 is 2.30. The molecule has 238 valence electrons. The van der Waals surface area contributed by atoms with Gasteiger partial charge in [0.05, 0.1) is 16.1 Å². The van der Waals surface area contributed by atoms with Gasteiger partial charge in [0.2, 0.25) is 0 Å².